The van der Waals surface area contributed by atoms with Crippen molar-refractivity contribution in [3.8, 4) is 11.8 Å². The first-order valence-electron chi connectivity index (χ1n) is 8.96. The van der Waals surface area contributed by atoms with Crippen LogP contribution in [0.3, 0.4) is 0 Å². The zero-order chi connectivity index (χ0) is 21.7. The van der Waals surface area contributed by atoms with E-state index in [1.807, 2.05) is 24.3 Å². The third-order valence-corrected chi connectivity index (χ3v) is 5.14. The lowest BCUT2D eigenvalue weighted by Crippen LogP contribution is -2.13. The number of carbonyl (C=O) groups is 1. The first-order valence-corrected chi connectivity index (χ1v) is 9.72. The van der Waals surface area contributed by atoms with Gasteiger partial charge < -0.3 is 10.1 Å². The predicted octanol–water partition coefficient (Wildman–Crippen LogP) is 5.10. The maximum Gasteiger partial charge on any atom is 0.266 e. The van der Waals surface area contributed by atoms with E-state index >= 15 is 0 Å². The van der Waals surface area contributed by atoms with Crippen LogP contribution in [0.25, 0.3) is 6.08 Å². The smallest absolute Gasteiger partial charge is 0.266 e. The van der Waals surface area contributed by atoms with Crippen molar-refractivity contribution in [2.75, 3.05) is 12.4 Å². The van der Waals surface area contributed by atoms with Gasteiger partial charge in [-0.05, 0) is 36.8 Å². The summed E-state index contributed by atoms with van der Waals surface area (Å²) in [6.07, 6.45) is 1.43. The van der Waals surface area contributed by atoms with Crippen LogP contribution in [-0.2, 0) is 11.3 Å². The molecule has 0 spiro atoms. The van der Waals surface area contributed by atoms with Crippen LogP contribution < -0.4 is 10.1 Å². The molecule has 1 aromatic heterocycles. The second-order valence-corrected chi connectivity index (χ2v) is 7.16. The van der Waals surface area contributed by atoms with Crippen molar-refractivity contribution in [3.05, 3.63) is 81.1 Å². The molecule has 3 rings (SSSR count). The standard InChI is InChI=1S/C22H18Cl2N4O2/c1-14-19(21(24)28(27-14)13-15-6-3-4-9-20(15)23)10-16(12-25)22(29)26-17-7-5-8-18(11-17)30-2/h3-11H,13H2,1-2H3,(H,26,29)/b16-10+. The number of nitrogens with one attached hydrogen (secondary N) is 1. The maximum absolute atomic E-state index is 12.6. The molecular formula is C22H18Cl2N4O2. The van der Waals surface area contributed by atoms with Crippen molar-refractivity contribution in [1.82, 2.24) is 9.78 Å². The van der Waals surface area contributed by atoms with E-state index in [1.165, 1.54) is 13.2 Å². The molecule has 0 radical (unpaired) electrons. The van der Waals surface area contributed by atoms with E-state index in [0.717, 1.165) is 5.56 Å². The zero-order valence-corrected chi connectivity index (χ0v) is 17.8. The van der Waals surface area contributed by atoms with Gasteiger partial charge in [-0.1, -0.05) is 47.5 Å². The van der Waals surface area contributed by atoms with E-state index < -0.39 is 5.91 Å². The van der Waals surface area contributed by atoms with Crippen molar-refractivity contribution >= 4 is 40.9 Å². The Morgan fingerprint density at radius 2 is 2.03 bits per heavy atom. The van der Waals surface area contributed by atoms with Crippen LogP contribution in [0.1, 0.15) is 16.8 Å². The highest BCUT2D eigenvalue weighted by Crippen LogP contribution is 2.26. The highest BCUT2D eigenvalue weighted by molar-refractivity contribution is 6.32. The highest BCUT2D eigenvalue weighted by Gasteiger charge is 2.17. The van der Waals surface area contributed by atoms with E-state index in [9.17, 15) is 10.1 Å². The fourth-order valence-electron chi connectivity index (χ4n) is 2.82. The minimum atomic E-state index is -0.555. The second-order valence-electron chi connectivity index (χ2n) is 6.39. The molecule has 0 bridgehead atoms. The van der Waals surface area contributed by atoms with E-state index in [4.69, 9.17) is 27.9 Å². The summed E-state index contributed by atoms with van der Waals surface area (Å²) in [7, 11) is 1.53. The second kappa shape index (κ2) is 9.49. The van der Waals surface area contributed by atoms with Crippen LogP contribution in [0.5, 0.6) is 5.75 Å². The van der Waals surface area contributed by atoms with E-state index in [2.05, 4.69) is 10.4 Å². The predicted molar refractivity (Wildman–Crippen MR) is 118 cm³/mol. The first kappa shape index (κ1) is 21.4. The summed E-state index contributed by atoms with van der Waals surface area (Å²) in [6.45, 7) is 2.13. The Balaban J connectivity index is 1.86. The molecule has 1 amide bonds. The largest absolute Gasteiger partial charge is 0.497 e. The van der Waals surface area contributed by atoms with Crippen LogP contribution in [0.4, 0.5) is 5.69 Å². The minimum absolute atomic E-state index is 0.0971. The third kappa shape index (κ3) is 4.82. The molecule has 0 aliphatic carbocycles. The third-order valence-electron chi connectivity index (χ3n) is 4.37. The van der Waals surface area contributed by atoms with Gasteiger partial charge in [0.1, 0.15) is 22.5 Å². The molecule has 0 saturated heterocycles. The number of carbonyl (C=O) groups excluding carboxylic acids is 1. The van der Waals surface area contributed by atoms with Gasteiger partial charge in [-0.3, -0.25) is 4.79 Å². The molecule has 0 atom stereocenters. The van der Waals surface area contributed by atoms with E-state index in [0.29, 0.717) is 39.4 Å². The molecule has 2 aromatic carbocycles. The molecule has 0 unspecified atom stereocenters. The Morgan fingerprint density at radius 3 is 2.73 bits per heavy atom. The number of aromatic nitrogens is 2. The fourth-order valence-corrected chi connectivity index (χ4v) is 3.30. The Labute approximate surface area is 184 Å². The lowest BCUT2D eigenvalue weighted by Gasteiger charge is -2.07. The molecular weight excluding hydrogens is 423 g/mol. The van der Waals surface area contributed by atoms with E-state index in [-0.39, 0.29) is 5.57 Å². The lowest BCUT2D eigenvalue weighted by atomic mass is 10.1. The van der Waals surface area contributed by atoms with Crippen molar-refractivity contribution < 1.29 is 9.53 Å². The van der Waals surface area contributed by atoms with Crippen LogP contribution in [-0.4, -0.2) is 22.8 Å². The van der Waals surface area contributed by atoms with E-state index in [1.54, 1.807) is 41.9 Å². The molecule has 0 fully saturated rings. The number of rotatable bonds is 6. The van der Waals surface area contributed by atoms with Crippen LogP contribution in [0.2, 0.25) is 10.2 Å². The Kier molecular flexibility index (Phi) is 6.78. The molecule has 30 heavy (non-hydrogen) atoms. The quantitative estimate of drug-likeness (QED) is 0.426. The van der Waals surface area contributed by atoms with Gasteiger partial charge in [0, 0.05) is 22.3 Å². The molecule has 152 valence electrons. The van der Waals surface area contributed by atoms with Crippen molar-refractivity contribution in [3.63, 3.8) is 0 Å². The summed E-state index contributed by atoms with van der Waals surface area (Å²) in [5.74, 6) is 0.0371. The molecule has 1 N–H and O–H groups in total. The van der Waals surface area contributed by atoms with Crippen molar-refractivity contribution in [1.29, 1.82) is 5.26 Å². The molecule has 0 aliphatic heterocycles. The number of hydrogen-bond acceptors (Lipinski definition) is 4. The molecule has 0 aliphatic rings. The zero-order valence-electron chi connectivity index (χ0n) is 16.3. The summed E-state index contributed by atoms with van der Waals surface area (Å²) in [4.78, 5) is 12.6. The van der Waals surface area contributed by atoms with Gasteiger partial charge in [0.25, 0.3) is 5.91 Å². The van der Waals surface area contributed by atoms with Gasteiger partial charge in [-0.15, -0.1) is 0 Å². The van der Waals surface area contributed by atoms with Crippen molar-refractivity contribution in [2.24, 2.45) is 0 Å². The topological polar surface area (TPSA) is 79.9 Å². The number of benzene rings is 2. The number of ether oxygens (including phenoxy) is 1. The molecule has 3 aromatic rings. The average molecular weight is 441 g/mol. The SMILES string of the molecule is COc1cccc(NC(=O)/C(C#N)=C/c2c(C)nn(Cc3ccccc3Cl)c2Cl)c1. The number of hydrogen-bond donors (Lipinski definition) is 1. The number of halogens is 2. The summed E-state index contributed by atoms with van der Waals surface area (Å²) in [6, 6.07) is 16.2. The molecule has 0 saturated carbocycles. The number of nitriles is 1. The Bertz CT molecular complexity index is 1160. The molecule has 6 nitrogen and oxygen atoms in total. The monoisotopic (exact) mass is 440 g/mol. The molecule has 8 heteroatoms. The van der Waals surface area contributed by atoms with Gasteiger partial charge in [-0.2, -0.15) is 10.4 Å². The van der Waals surface area contributed by atoms with Gasteiger partial charge >= 0.3 is 0 Å². The van der Waals surface area contributed by atoms with Crippen LogP contribution in [0, 0.1) is 18.3 Å². The van der Waals surface area contributed by atoms with Crippen molar-refractivity contribution in [2.45, 2.75) is 13.5 Å². The van der Waals surface area contributed by atoms with Gasteiger partial charge in [0.15, 0.2) is 0 Å². The Morgan fingerprint density at radius 1 is 1.27 bits per heavy atom. The van der Waals surface area contributed by atoms with Gasteiger partial charge in [-0.25, -0.2) is 4.68 Å². The minimum Gasteiger partial charge on any atom is -0.497 e. The summed E-state index contributed by atoms with van der Waals surface area (Å²) in [5.41, 5.74) is 2.36. The number of anilines is 1. The van der Waals surface area contributed by atoms with Gasteiger partial charge in [0.2, 0.25) is 0 Å². The normalized spacial score (nSPS) is 11.1. The maximum atomic E-state index is 12.6. The Hall–Kier alpha value is -3.27. The highest BCUT2D eigenvalue weighted by atomic mass is 35.5. The number of amides is 1. The lowest BCUT2D eigenvalue weighted by molar-refractivity contribution is -0.112. The summed E-state index contributed by atoms with van der Waals surface area (Å²) < 4.78 is 6.72. The van der Waals surface area contributed by atoms with Gasteiger partial charge in [0.05, 0.1) is 19.3 Å². The number of aryl methyl sites for hydroxylation is 1. The summed E-state index contributed by atoms with van der Waals surface area (Å²) >= 11 is 12.7. The van der Waals surface area contributed by atoms with Crippen LogP contribution in [0.15, 0.2) is 54.1 Å². The van der Waals surface area contributed by atoms with Crippen LogP contribution >= 0.6 is 23.2 Å². The number of nitrogens with zero attached hydrogens (tertiary/aromatic N) is 3. The average Bonchev–Trinajstić information content (AvgIpc) is 3.00. The molecule has 1 heterocycles. The fraction of sp³-hybridized carbons (Fsp3) is 0.136. The summed E-state index contributed by atoms with van der Waals surface area (Å²) in [5, 5.41) is 17.5. The number of methoxy groups -OCH3 is 1. The first-order chi connectivity index (χ1) is 14.4.